The molecule has 0 N–H and O–H groups in total. The van der Waals surface area contributed by atoms with Crippen LogP contribution in [0, 0.1) is 0 Å². The zero-order valence-electron chi connectivity index (χ0n) is 11.4. The van der Waals surface area contributed by atoms with Crippen LogP contribution in [0.2, 0.25) is 0 Å². The summed E-state index contributed by atoms with van der Waals surface area (Å²) in [5.41, 5.74) is 4.20. The molecule has 0 radical (unpaired) electrons. The molecule has 106 valence electrons. The molecular weight excluding hydrogens is 406 g/mol. The first-order valence-corrected chi connectivity index (χ1v) is 9.94. The van der Waals surface area contributed by atoms with Crippen LogP contribution < -0.4 is 0 Å². The topological polar surface area (TPSA) is 51.6 Å². The third-order valence-electron chi connectivity index (χ3n) is 3.28. The van der Waals surface area contributed by atoms with Crippen LogP contribution in [0.1, 0.15) is 0 Å². The maximum absolute atomic E-state index is 4.38. The number of rotatable bonds is 3. The Labute approximate surface area is 139 Å². The molecule has 2 aromatic carbocycles. The Kier molecular flexibility index (Phi) is 3.83. The molecule has 6 heteroatoms. The number of aromatic nitrogens is 4. The van der Waals surface area contributed by atoms with Gasteiger partial charge in [-0.05, 0) is 0 Å². The van der Waals surface area contributed by atoms with E-state index in [1.54, 1.807) is 0 Å². The number of nitrogens with zero attached hydrogens (tertiary/aromatic N) is 4. The van der Waals surface area contributed by atoms with Crippen molar-refractivity contribution in [1.29, 1.82) is 0 Å². The molecule has 0 saturated carbocycles. The first-order chi connectivity index (χ1) is 10.9. The van der Waals surface area contributed by atoms with Crippen LogP contribution in [-0.2, 0) is 0 Å². The van der Waals surface area contributed by atoms with Crippen molar-refractivity contribution in [3.05, 3.63) is 60.7 Å². The van der Waals surface area contributed by atoms with Crippen LogP contribution >= 0.6 is 0 Å². The second kappa shape index (κ2) is 6.11. The minimum atomic E-state index is 0.0116. The van der Waals surface area contributed by atoms with Gasteiger partial charge in [0, 0.05) is 0 Å². The van der Waals surface area contributed by atoms with Gasteiger partial charge in [0.05, 0.1) is 0 Å². The van der Waals surface area contributed by atoms with E-state index >= 15 is 0 Å². The van der Waals surface area contributed by atoms with Gasteiger partial charge in [-0.3, -0.25) is 0 Å². The van der Waals surface area contributed by atoms with Crippen LogP contribution in [0.25, 0.3) is 31.4 Å². The van der Waals surface area contributed by atoms with Crippen LogP contribution in [0.5, 0.6) is 0 Å². The summed E-state index contributed by atoms with van der Waals surface area (Å²) in [6.07, 6.45) is 0. The molecule has 0 spiro atoms. The summed E-state index contributed by atoms with van der Waals surface area (Å²) < 4.78 is 11.1. The third kappa shape index (κ3) is 2.51. The van der Waals surface area contributed by atoms with Crippen molar-refractivity contribution in [3.8, 4) is 31.4 Å². The molecule has 2 aromatic heterocycles. The van der Waals surface area contributed by atoms with E-state index in [0.29, 0.717) is 0 Å². The predicted molar refractivity (Wildman–Crippen MR) is 87.8 cm³/mol. The van der Waals surface area contributed by atoms with Crippen LogP contribution in [0.15, 0.2) is 60.7 Å². The molecule has 0 amide bonds. The quantitative estimate of drug-likeness (QED) is 0.482. The molecule has 0 saturated heterocycles. The molecule has 0 aliphatic carbocycles. The van der Waals surface area contributed by atoms with Gasteiger partial charge in [-0.1, -0.05) is 0 Å². The normalized spacial score (nSPS) is 10.7. The second-order valence-corrected chi connectivity index (χ2v) is 7.80. The molecule has 0 fully saturated rings. The van der Waals surface area contributed by atoms with Gasteiger partial charge in [0.25, 0.3) is 0 Å². The van der Waals surface area contributed by atoms with Crippen molar-refractivity contribution >= 4 is 29.5 Å². The fourth-order valence-electron chi connectivity index (χ4n) is 2.25. The average molecular weight is 416 g/mol. The fourth-order valence-corrected chi connectivity index (χ4v) is 5.70. The summed E-state index contributed by atoms with van der Waals surface area (Å²) >= 11 is 0.0232. The third-order valence-corrected chi connectivity index (χ3v) is 7.05. The molecule has 4 aromatic rings. The Morgan fingerprint density at radius 1 is 0.545 bits per heavy atom. The van der Waals surface area contributed by atoms with Gasteiger partial charge in [-0.25, -0.2) is 0 Å². The number of benzene rings is 2. The van der Waals surface area contributed by atoms with Gasteiger partial charge in [-0.15, -0.1) is 0 Å². The monoisotopic (exact) mass is 418 g/mol. The summed E-state index contributed by atoms with van der Waals surface area (Å²) in [6, 6.07) is 20.5. The van der Waals surface area contributed by atoms with Crippen molar-refractivity contribution in [2.45, 2.75) is 0 Å². The van der Waals surface area contributed by atoms with E-state index in [-0.39, 0.29) is 29.5 Å². The van der Waals surface area contributed by atoms with E-state index in [1.807, 2.05) is 36.4 Å². The molecule has 2 heterocycles. The summed E-state index contributed by atoms with van der Waals surface area (Å²) in [7, 11) is 0. The Morgan fingerprint density at radius 3 is 1.36 bits per heavy atom. The van der Waals surface area contributed by atoms with Gasteiger partial charge in [0.1, 0.15) is 0 Å². The molecule has 4 rings (SSSR count). The first-order valence-electron chi connectivity index (χ1n) is 6.69. The number of hydrogen-bond acceptors (Lipinski definition) is 4. The zero-order valence-corrected chi connectivity index (χ0v) is 14.8. The van der Waals surface area contributed by atoms with E-state index < -0.39 is 0 Å². The summed E-state index contributed by atoms with van der Waals surface area (Å²) in [5.74, 6) is 0. The van der Waals surface area contributed by atoms with Crippen molar-refractivity contribution in [3.63, 3.8) is 0 Å². The minimum absolute atomic E-state index is 0.0116. The Hall–Kier alpha value is -1.84. The van der Waals surface area contributed by atoms with Crippen molar-refractivity contribution in [1.82, 2.24) is 18.4 Å². The zero-order chi connectivity index (χ0) is 14.8. The summed E-state index contributed by atoms with van der Waals surface area (Å²) in [6.45, 7) is 0. The standard InChI is InChI=1S/C16H10N4Se2/c1-3-7-11(8-4-1)13-15(21-19-17-13)16-14(18-20-22-16)12-9-5-2-6-10-12/h1-10H. The first kappa shape index (κ1) is 13.8. The van der Waals surface area contributed by atoms with Crippen molar-refractivity contribution in [2.24, 2.45) is 0 Å². The predicted octanol–water partition coefficient (Wildman–Crippen LogP) is 2.38. The molecule has 0 unspecified atom stereocenters. The summed E-state index contributed by atoms with van der Waals surface area (Å²) in [4.78, 5) is 0. The molecule has 0 bridgehead atoms. The maximum atomic E-state index is 4.38. The van der Waals surface area contributed by atoms with Gasteiger partial charge < -0.3 is 0 Å². The van der Waals surface area contributed by atoms with E-state index in [0.717, 1.165) is 22.5 Å². The Bertz CT molecular complexity index is 809. The van der Waals surface area contributed by atoms with Gasteiger partial charge >= 0.3 is 140 Å². The van der Waals surface area contributed by atoms with E-state index in [9.17, 15) is 0 Å². The van der Waals surface area contributed by atoms with Gasteiger partial charge in [-0.2, -0.15) is 0 Å². The van der Waals surface area contributed by atoms with Crippen molar-refractivity contribution < 1.29 is 0 Å². The van der Waals surface area contributed by atoms with Crippen LogP contribution in [-0.4, -0.2) is 47.9 Å². The van der Waals surface area contributed by atoms with Crippen LogP contribution in [0.4, 0.5) is 0 Å². The number of hydrogen-bond donors (Lipinski definition) is 0. The van der Waals surface area contributed by atoms with Gasteiger partial charge in [0.2, 0.25) is 0 Å². The van der Waals surface area contributed by atoms with E-state index in [4.69, 9.17) is 0 Å². The molecular formula is C16H10N4Se2. The average Bonchev–Trinajstić information content (AvgIpc) is 3.25. The molecule has 0 aliphatic heterocycles. The van der Waals surface area contributed by atoms with Crippen LogP contribution in [0.3, 0.4) is 0 Å². The van der Waals surface area contributed by atoms with E-state index in [2.05, 4.69) is 42.7 Å². The molecule has 22 heavy (non-hydrogen) atoms. The molecule has 4 nitrogen and oxygen atoms in total. The second-order valence-electron chi connectivity index (χ2n) is 4.63. The van der Waals surface area contributed by atoms with Gasteiger partial charge in [0.15, 0.2) is 0 Å². The Morgan fingerprint density at radius 2 is 0.955 bits per heavy atom. The SMILES string of the molecule is c1ccc(-c2nn[se]c2-c2[se]nnc2-c2ccccc2)cc1. The molecule has 0 aliphatic rings. The van der Waals surface area contributed by atoms with Crippen molar-refractivity contribution in [2.75, 3.05) is 0 Å². The molecule has 0 atom stereocenters. The summed E-state index contributed by atoms with van der Waals surface area (Å²) in [5, 5.41) is 8.77. The van der Waals surface area contributed by atoms with E-state index in [1.165, 1.54) is 8.87 Å². The fraction of sp³-hybridized carbons (Fsp3) is 0. The Balaban J connectivity index is 1.86.